The highest BCUT2D eigenvalue weighted by Crippen LogP contribution is 2.27. The van der Waals surface area contributed by atoms with Gasteiger partial charge in [-0.3, -0.25) is 14.9 Å². The summed E-state index contributed by atoms with van der Waals surface area (Å²) in [4.78, 5) is 23.6. The van der Waals surface area contributed by atoms with Crippen molar-refractivity contribution in [2.24, 2.45) is 5.14 Å². The van der Waals surface area contributed by atoms with Crippen LogP contribution >= 0.6 is 0 Å². The van der Waals surface area contributed by atoms with Crippen molar-refractivity contribution < 1.29 is 27.3 Å². The van der Waals surface area contributed by atoms with Crippen molar-refractivity contribution in [2.45, 2.75) is 11.3 Å². The standard InChI is InChI=1S/C18H21FN4O6S/c1-22(10-11-29-17-5-3-2-4-14(17)19)18(24)8-9-21-15-7-6-13(30(20,27)28)12-16(15)23(25)26/h2-7,12,21H,8-11H2,1H3,(H2,20,27,28). The van der Waals surface area contributed by atoms with Gasteiger partial charge in [0.25, 0.3) is 5.69 Å². The predicted octanol–water partition coefficient (Wildman–Crippen LogP) is 1.72. The molecule has 2 aromatic rings. The SMILES string of the molecule is CN(CCOc1ccccc1F)C(=O)CCNc1ccc(S(N)(=O)=O)cc1[N+](=O)[O-]. The second kappa shape index (κ2) is 9.98. The first kappa shape index (κ1) is 23.0. The zero-order valence-electron chi connectivity index (χ0n) is 16.1. The monoisotopic (exact) mass is 440 g/mol. The van der Waals surface area contributed by atoms with E-state index in [1.54, 1.807) is 13.1 Å². The smallest absolute Gasteiger partial charge is 0.293 e. The maximum Gasteiger partial charge on any atom is 0.293 e. The molecule has 10 nitrogen and oxygen atoms in total. The van der Waals surface area contributed by atoms with Crippen molar-refractivity contribution in [2.75, 3.05) is 32.1 Å². The van der Waals surface area contributed by atoms with Gasteiger partial charge in [-0.25, -0.2) is 17.9 Å². The van der Waals surface area contributed by atoms with Crippen molar-refractivity contribution in [3.8, 4) is 5.75 Å². The summed E-state index contributed by atoms with van der Waals surface area (Å²) in [6.45, 7) is 0.389. The number of carbonyl (C=O) groups is 1. The van der Waals surface area contributed by atoms with E-state index in [1.807, 2.05) is 0 Å². The Morgan fingerprint density at radius 1 is 1.30 bits per heavy atom. The van der Waals surface area contributed by atoms with Crippen molar-refractivity contribution in [3.05, 3.63) is 58.4 Å². The number of likely N-dealkylation sites (N-methyl/N-ethyl adjacent to an activating group) is 1. The van der Waals surface area contributed by atoms with Crippen LogP contribution in [0.3, 0.4) is 0 Å². The number of nitrogens with zero attached hydrogens (tertiary/aromatic N) is 2. The van der Waals surface area contributed by atoms with Crippen LogP contribution < -0.4 is 15.2 Å². The third kappa shape index (κ3) is 6.39. The van der Waals surface area contributed by atoms with Crippen LogP contribution in [0.2, 0.25) is 0 Å². The molecule has 30 heavy (non-hydrogen) atoms. The third-order valence-corrected chi connectivity index (χ3v) is 5.01. The van der Waals surface area contributed by atoms with Crippen LogP contribution in [0.1, 0.15) is 6.42 Å². The lowest BCUT2D eigenvalue weighted by atomic mass is 10.2. The molecule has 0 radical (unpaired) electrons. The number of primary sulfonamides is 1. The zero-order chi connectivity index (χ0) is 22.3. The van der Waals surface area contributed by atoms with Crippen LogP contribution in [0.25, 0.3) is 0 Å². The number of anilines is 1. The quantitative estimate of drug-likeness (QED) is 0.423. The average Bonchev–Trinajstić information content (AvgIpc) is 2.68. The van der Waals surface area contributed by atoms with E-state index in [9.17, 15) is 27.7 Å². The molecule has 0 fully saturated rings. The maximum absolute atomic E-state index is 13.5. The summed E-state index contributed by atoms with van der Waals surface area (Å²) in [5.41, 5.74) is -0.411. The van der Waals surface area contributed by atoms with Gasteiger partial charge in [-0.15, -0.1) is 0 Å². The van der Waals surface area contributed by atoms with Crippen LogP contribution in [0, 0.1) is 15.9 Å². The predicted molar refractivity (Wildman–Crippen MR) is 107 cm³/mol. The molecule has 0 saturated carbocycles. The number of ether oxygens (including phenoxy) is 1. The molecule has 0 spiro atoms. The van der Waals surface area contributed by atoms with Gasteiger partial charge >= 0.3 is 0 Å². The van der Waals surface area contributed by atoms with Gasteiger partial charge in [0.05, 0.1) is 16.4 Å². The van der Waals surface area contributed by atoms with E-state index in [-0.39, 0.29) is 48.4 Å². The Hall–Kier alpha value is -3.25. The molecule has 0 heterocycles. The Labute approximate surface area is 172 Å². The number of halogens is 1. The summed E-state index contributed by atoms with van der Waals surface area (Å²) in [6, 6.07) is 9.13. The summed E-state index contributed by atoms with van der Waals surface area (Å²) in [6.07, 6.45) is 0.0181. The van der Waals surface area contributed by atoms with E-state index >= 15 is 0 Å². The summed E-state index contributed by atoms with van der Waals surface area (Å²) in [7, 11) is -2.53. The molecule has 0 aromatic heterocycles. The first-order chi connectivity index (χ1) is 14.1. The number of carbonyl (C=O) groups excluding carboxylic acids is 1. The number of hydrogen-bond donors (Lipinski definition) is 2. The molecule has 1 amide bonds. The molecule has 2 aromatic carbocycles. The highest BCUT2D eigenvalue weighted by molar-refractivity contribution is 7.89. The molecule has 2 rings (SSSR count). The number of amides is 1. The first-order valence-electron chi connectivity index (χ1n) is 8.76. The Bertz CT molecular complexity index is 1030. The normalized spacial score (nSPS) is 11.0. The minimum absolute atomic E-state index is 0.0181. The number of nitrogens with one attached hydrogen (secondary N) is 1. The Kier molecular flexibility index (Phi) is 7.66. The highest BCUT2D eigenvalue weighted by Gasteiger charge is 2.19. The summed E-state index contributed by atoms with van der Waals surface area (Å²) >= 11 is 0. The lowest BCUT2D eigenvalue weighted by Gasteiger charge is -2.18. The van der Waals surface area contributed by atoms with Crippen molar-refractivity contribution in [1.82, 2.24) is 4.90 Å². The molecule has 12 heteroatoms. The van der Waals surface area contributed by atoms with Gasteiger partial charge in [0.2, 0.25) is 15.9 Å². The number of nitrogens with two attached hydrogens (primary N) is 1. The Morgan fingerprint density at radius 3 is 2.63 bits per heavy atom. The van der Waals surface area contributed by atoms with Crippen molar-refractivity contribution in [3.63, 3.8) is 0 Å². The summed E-state index contributed by atoms with van der Waals surface area (Å²) in [5.74, 6) is -0.663. The van der Waals surface area contributed by atoms with Crippen molar-refractivity contribution in [1.29, 1.82) is 0 Å². The molecule has 0 atom stereocenters. The maximum atomic E-state index is 13.5. The van der Waals surface area contributed by atoms with Gasteiger partial charge in [-0.2, -0.15) is 0 Å². The van der Waals surface area contributed by atoms with E-state index in [0.29, 0.717) is 0 Å². The van der Waals surface area contributed by atoms with Gasteiger partial charge in [0, 0.05) is 26.1 Å². The fourth-order valence-corrected chi connectivity index (χ4v) is 3.00. The fraction of sp³-hybridized carbons (Fsp3) is 0.278. The van der Waals surface area contributed by atoms with E-state index in [4.69, 9.17) is 9.88 Å². The molecule has 3 N–H and O–H groups in total. The van der Waals surface area contributed by atoms with E-state index in [0.717, 1.165) is 12.1 Å². The number of para-hydroxylation sites is 1. The van der Waals surface area contributed by atoms with Gasteiger partial charge in [-0.05, 0) is 24.3 Å². The van der Waals surface area contributed by atoms with Gasteiger partial charge in [0.1, 0.15) is 12.3 Å². The number of hydrogen-bond acceptors (Lipinski definition) is 7. The molecule has 0 aliphatic rings. The van der Waals surface area contributed by atoms with Gasteiger partial charge in [-0.1, -0.05) is 12.1 Å². The fourth-order valence-electron chi connectivity index (χ4n) is 2.46. The molecule has 0 aliphatic heterocycles. The van der Waals surface area contributed by atoms with E-state index in [1.165, 1.54) is 29.2 Å². The molecular weight excluding hydrogens is 419 g/mol. The molecule has 0 aliphatic carbocycles. The topological polar surface area (TPSA) is 145 Å². The van der Waals surface area contributed by atoms with E-state index in [2.05, 4.69) is 5.32 Å². The second-order valence-corrected chi connectivity index (χ2v) is 7.81. The van der Waals surface area contributed by atoms with Crippen molar-refractivity contribution >= 4 is 27.3 Å². The Balaban J connectivity index is 1.86. The number of benzene rings is 2. The zero-order valence-corrected chi connectivity index (χ0v) is 16.9. The second-order valence-electron chi connectivity index (χ2n) is 6.25. The number of rotatable bonds is 10. The number of nitro benzene ring substituents is 1. The highest BCUT2D eigenvalue weighted by atomic mass is 32.2. The summed E-state index contributed by atoms with van der Waals surface area (Å²) < 4.78 is 41.5. The minimum Gasteiger partial charge on any atom is -0.489 e. The van der Waals surface area contributed by atoms with Crippen LogP contribution in [-0.4, -0.2) is 50.9 Å². The van der Waals surface area contributed by atoms with Crippen LogP contribution in [0.15, 0.2) is 47.4 Å². The Morgan fingerprint density at radius 2 is 2.00 bits per heavy atom. The molecule has 0 saturated heterocycles. The molecular formula is C18H21FN4O6S. The molecule has 0 bridgehead atoms. The number of sulfonamides is 1. The minimum atomic E-state index is -4.08. The third-order valence-electron chi connectivity index (χ3n) is 4.10. The van der Waals surface area contributed by atoms with E-state index < -0.39 is 26.5 Å². The van der Waals surface area contributed by atoms with Gasteiger partial charge in [0.15, 0.2) is 11.6 Å². The average molecular weight is 440 g/mol. The number of nitro groups is 1. The van der Waals surface area contributed by atoms with Crippen LogP contribution in [0.5, 0.6) is 5.75 Å². The lowest BCUT2D eigenvalue weighted by Crippen LogP contribution is -2.32. The molecule has 0 unspecified atom stereocenters. The van der Waals surface area contributed by atoms with Crippen LogP contribution in [-0.2, 0) is 14.8 Å². The van der Waals surface area contributed by atoms with Crippen LogP contribution in [0.4, 0.5) is 15.8 Å². The molecule has 162 valence electrons. The summed E-state index contributed by atoms with van der Waals surface area (Å²) in [5, 5.41) is 18.9. The largest absolute Gasteiger partial charge is 0.489 e. The lowest BCUT2D eigenvalue weighted by molar-refractivity contribution is -0.384. The van der Waals surface area contributed by atoms with Gasteiger partial charge < -0.3 is 15.0 Å². The first-order valence-corrected chi connectivity index (χ1v) is 10.3.